The molecule has 0 saturated heterocycles. The zero-order chi connectivity index (χ0) is 18.3. The van der Waals surface area contributed by atoms with Crippen molar-refractivity contribution in [1.82, 2.24) is 4.90 Å². The average Bonchev–Trinajstić information content (AvgIpc) is 2.83. The van der Waals surface area contributed by atoms with E-state index in [0.29, 0.717) is 5.69 Å². The first-order valence-corrected chi connectivity index (χ1v) is 8.41. The number of hydrogen-bond acceptors (Lipinski definition) is 3. The lowest BCUT2D eigenvalue weighted by molar-refractivity contribution is -0.116. The summed E-state index contributed by atoms with van der Waals surface area (Å²) < 4.78 is 0. The monoisotopic (exact) mass is 436 g/mol. The van der Waals surface area contributed by atoms with Gasteiger partial charge in [0.05, 0.1) is 31.2 Å². The largest absolute Gasteiger partial charge is 0.325 e. The number of anilines is 1. The van der Waals surface area contributed by atoms with Crippen LogP contribution in [0.3, 0.4) is 0 Å². The Morgan fingerprint density at radius 2 is 1.31 bits per heavy atom. The second-order valence-corrected chi connectivity index (χ2v) is 6.63. The average molecular weight is 438 g/mol. The van der Waals surface area contributed by atoms with E-state index in [0.717, 1.165) is 4.90 Å². The van der Waals surface area contributed by atoms with Crippen LogP contribution in [0.2, 0.25) is 20.1 Å². The SMILES string of the molecule is F.O=C(CN1C(=O)c2c(Cl)c(Cl)c(Cl)c(Cl)c2C1=O)Nc1ccccc1. The lowest BCUT2D eigenvalue weighted by Gasteiger charge is -2.13. The summed E-state index contributed by atoms with van der Waals surface area (Å²) in [5, 5.41) is 2.00. The van der Waals surface area contributed by atoms with Crippen LogP contribution in [-0.2, 0) is 4.79 Å². The van der Waals surface area contributed by atoms with Gasteiger partial charge in [0.1, 0.15) is 6.54 Å². The van der Waals surface area contributed by atoms with Crippen LogP contribution in [0.1, 0.15) is 20.7 Å². The molecule has 2 aromatic carbocycles. The highest BCUT2D eigenvalue weighted by Gasteiger charge is 2.42. The van der Waals surface area contributed by atoms with E-state index in [-0.39, 0.29) is 35.9 Å². The van der Waals surface area contributed by atoms with Crippen LogP contribution in [0.25, 0.3) is 0 Å². The number of amides is 3. The maximum absolute atomic E-state index is 12.5. The Hall–Kier alpha value is -1.86. The number of hydrogen-bond donors (Lipinski definition) is 1. The maximum atomic E-state index is 12.5. The smallest absolute Gasteiger partial charge is 0.263 e. The van der Waals surface area contributed by atoms with Crippen LogP contribution in [0.4, 0.5) is 10.4 Å². The molecule has 10 heteroatoms. The number of carbonyl (C=O) groups is 3. The lowest BCUT2D eigenvalue weighted by atomic mass is 10.1. The Bertz CT molecular complexity index is 875. The summed E-state index contributed by atoms with van der Waals surface area (Å²) in [6.45, 7) is -0.497. The van der Waals surface area contributed by atoms with E-state index in [1.807, 2.05) is 0 Å². The summed E-state index contributed by atoms with van der Waals surface area (Å²) in [4.78, 5) is 37.9. The first kappa shape index (κ1) is 20.5. The van der Waals surface area contributed by atoms with Gasteiger partial charge in [-0.05, 0) is 12.1 Å². The Balaban J connectivity index is 0.00000243. The van der Waals surface area contributed by atoms with Gasteiger partial charge in [-0.25, -0.2) is 0 Å². The first-order chi connectivity index (χ1) is 11.8. The maximum Gasteiger partial charge on any atom is 0.263 e. The van der Waals surface area contributed by atoms with Crippen molar-refractivity contribution >= 4 is 69.8 Å². The highest BCUT2D eigenvalue weighted by Crippen LogP contribution is 2.44. The van der Waals surface area contributed by atoms with Crippen LogP contribution in [0.15, 0.2) is 30.3 Å². The molecule has 3 rings (SSSR count). The molecule has 0 aromatic heterocycles. The Morgan fingerprint density at radius 1 is 0.846 bits per heavy atom. The molecule has 1 heterocycles. The van der Waals surface area contributed by atoms with Gasteiger partial charge in [-0.2, -0.15) is 0 Å². The fraction of sp³-hybridized carbons (Fsp3) is 0.0625. The second-order valence-electron chi connectivity index (χ2n) is 5.12. The molecule has 0 atom stereocenters. The zero-order valence-corrected chi connectivity index (χ0v) is 15.7. The van der Waals surface area contributed by atoms with Gasteiger partial charge < -0.3 is 5.32 Å². The van der Waals surface area contributed by atoms with Crippen molar-refractivity contribution in [2.45, 2.75) is 0 Å². The number of nitrogens with zero attached hydrogens (tertiary/aromatic N) is 1. The number of fused-ring (bicyclic) bond motifs is 1. The predicted octanol–water partition coefficient (Wildman–Crippen LogP) is 4.69. The molecule has 0 fully saturated rings. The van der Waals surface area contributed by atoms with E-state index in [9.17, 15) is 14.4 Å². The number of rotatable bonds is 3. The van der Waals surface area contributed by atoms with Gasteiger partial charge in [0.15, 0.2) is 0 Å². The predicted molar refractivity (Wildman–Crippen MR) is 99.4 cm³/mol. The molecular formula is C16H9Cl4FN2O3. The molecule has 1 aliphatic rings. The number of nitrogens with one attached hydrogen (secondary N) is 1. The quantitative estimate of drug-likeness (QED) is 0.430. The number of para-hydroxylation sites is 1. The first-order valence-electron chi connectivity index (χ1n) is 6.90. The molecule has 0 spiro atoms. The molecule has 0 bridgehead atoms. The third kappa shape index (κ3) is 3.38. The van der Waals surface area contributed by atoms with Gasteiger partial charge >= 0.3 is 0 Å². The van der Waals surface area contributed by atoms with Crippen molar-refractivity contribution in [2.24, 2.45) is 0 Å². The zero-order valence-electron chi connectivity index (χ0n) is 12.7. The summed E-state index contributed by atoms with van der Waals surface area (Å²) in [6, 6.07) is 8.61. The van der Waals surface area contributed by atoms with Crippen molar-refractivity contribution < 1.29 is 19.1 Å². The highest BCUT2D eigenvalue weighted by atomic mass is 35.5. The van der Waals surface area contributed by atoms with Crippen LogP contribution in [-0.4, -0.2) is 29.2 Å². The van der Waals surface area contributed by atoms with Crippen molar-refractivity contribution in [3.8, 4) is 0 Å². The van der Waals surface area contributed by atoms with Crippen molar-refractivity contribution in [2.75, 3.05) is 11.9 Å². The van der Waals surface area contributed by atoms with E-state index >= 15 is 0 Å². The van der Waals surface area contributed by atoms with E-state index in [4.69, 9.17) is 46.4 Å². The van der Waals surface area contributed by atoms with E-state index in [1.165, 1.54) is 0 Å². The summed E-state index contributed by atoms with van der Waals surface area (Å²) >= 11 is 23.9. The summed E-state index contributed by atoms with van der Waals surface area (Å²) in [5.41, 5.74) is 0.225. The number of carbonyl (C=O) groups excluding carboxylic acids is 3. The van der Waals surface area contributed by atoms with Crippen LogP contribution >= 0.6 is 46.4 Å². The minimum Gasteiger partial charge on any atom is -0.325 e. The van der Waals surface area contributed by atoms with E-state index in [2.05, 4.69) is 5.32 Å². The molecule has 0 saturated carbocycles. The van der Waals surface area contributed by atoms with Crippen LogP contribution < -0.4 is 5.32 Å². The summed E-state index contributed by atoms with van der Waals surface area (Å²) in [5.74, 6) is -2.06. The Morgan fingerprint density at radius 3 is 1.77 bits per heavy atom. The van der Waals surface area contributed by atoms with Gasteiger partial charge in [0, 0.05) is 5.69 Å². The Labute approximate surface area is 167 Å². The molecule has 1 aliphatic heterocycles. The van der Waals surface area contributed by atoms with Gasteiger partial charge in [-0.3, -0.25) is 24.0 Å². The molecule has 0 radical (unpaired) electrons. The third-order valence-corrected chi connectivity index (χ3v) is 5.35. The molecule has 5 nitrogen and oxygen atoms in total. The van der Waals surface area contributed by atoms with Gasteiger partial charge in [-0.15, -0.1) is 0 Å². The van der Waals surface area contributed by atoms with Crippen molar-refractivity contribution in [3.63, 3.8) is 0 Å². The number of halogens is 5. The van der Waals surface area contributed by atoms with E-state index < -0.39 is 24.3 Å². The molecule has 136 valence electrons. The van der Waals surface area contributed by atoms with Crippen LogP contribution in [0.5, 0.6) is 0 Å². The molecule has 1 N–H and O–H groups in total. The highest BCUT2D eigenvalue weighted by molar-refractivity contribution is 6.55. The van der Waals surface area contributed by atoms with Crippen LogP contribution in [0, 0.1) is 0 Å². The standard InChI is InChI=1S/C16H8Cl4N2O3.FH/c17-11-9-10(12(18)14(20)13(11)19)16(25)22(15(9)24)6-8(23)21-7-4-2-1-3-5-7;/h1-5H,6H2,(H,21,23);1H. The van der Waals surface area contributed by atoms with E-state index in [1.54, 1.807) is 30.3 Å². The Kier molecular flexibility index (Phi) is 6.13. The minimum absolute atomic E-state index is 0. The molecule has 26 heavy (non-hydrogen) atoms. The molecule has 2 aromatic rings. The van der Waals surface area contributed by atoms with Crippen molar-refractivity contribution in [3.05, 3.63) is 61.5 Å². The summed E-state index contributed by atoms with van der Waals surface area (Å²) in [7, 11) is 0. The second kappa shape index (κ2) is 7.80. The fourth-order valence-electron chi connectivity index (χ4n) is 2.40. The number of benzene rings is 2. The van der Waals surface area contributed by atoms with Gasteiger partial charge in [0.2, 0.25) is 5.91 Å². The molecule has 3 amide bonds. The normalized spacial score (nSPS) is 12.7. The third-order valence-electron chi connectivity index (χ3n) is 3.54. The molecule has 0 unspecified atom stereocenters. The van der Waals surface area contributed by atoms with Crippen molar-refractivity contribution in [1.29, 1.82) is 0 Å². The molecular weight excluding hydrogens is 429 g/mol. The van der Waals surface area contributed by atoms with Gasteiger partial charge in [0.25, 0.3) is 11.8 Å². The summed E-state index contributed by atoms with van der Waals surface area (Å²) in [6.07, 6.45) is 0. The topological polar surface area (TPSA) is 66.5 Å². The number of imide groups is 1. The lowest BCUT2D eigenvalue weighted by Crippen LogP contribution is -2.37. The minimum atomic E-state index is -0.756. The van der Waals surface area contributed by atoms with Gasteiger partial charge in [-0.1, -0.05) is 64.6 Å². The fourth-order valence-corrected chi connectivity index (χ4v) is 3.42. The molecule has 0 aliphatic carbocycles.